The van der Waals surface area contributed by atoms with E-state index in [9.17, 15) is 4.79 Å². The van der Waals surface area contributed by atoms with Crippen molar-refractivity contribution in [1.82, 2.24) is 0 Å². The molecule has 4 nitrogen and oxygen atoms in total. The monoisotopic (exact) mass is 349 g/mol. The minimum atomic E-state index is -0.936. The number of nitrogens with one attached hydrogen (secondary N) is 1. The number of carbonyl (C=O) groups is 1. The van der Waals surface area contributed by atoms with Gasteiger partial charge in [-0.3, -0.25) is 0 Å². The average molecular weight is 350 g/mol. The quantitative estimate of drug-likeness (QED) is 0.832. The Morgan fingerprint density at radius 1 is 1.24 bits per heavy atom. The number of hydrogen-bond acceptors (Lipinski definition) is 3. The molecule has 0 atom stereocenters. The van der Waals surface area contributed by atoms with Crippen molar-refractivity contribution in [2.24, 2.45) is 0 Å². The largest absolute Gasteiger partial charge is 0.497 e. The summed E-state index contributed by atoms with van der Waals surface area (Å²) in [5.74, 6) is -0.110. The van der Waals surface area contributed by atoms with Crippen molar-refractivity contribution in [3.8, 4) is 5.75 Å². The first-order chi connectivity index (χ1) is 10.1. The summed E-state index contributed by atoms with van der Waals surface area (Å²) in [6, 6.07) is 12.9. The Kier molecular flexibility index (Phi) is 5.22. The minimum Gasteiger partial charge on any atom is -0.497 e. The van der Waals surface area contributed by atoms with Crippen molar-refractivity contribution in [3.63, 3.8) is 0 Å². The highest BCUT2D eigenvalue weighted by Crippen LogP contribution is 2.21. The third-order valence-electron chi connectivity index (χ3n) is 3.10. The van der Waals surface area contributed by atoms with Gasteiger partial charge in [-0.05, 0) is 42.3 Å². The summed E-state index contributed by atoms with van der Waals surface area (Å²) in [5.41, 5.74) is 2.05. The zero-order chi connectivity index (χ0) is 15.2. The van der Waals surface area contributed by atoms with Crippen molar-refractivity contribution in [1.29, 1.82) is 0 Å². The summed E-state index contributed by atoms with van der Waals surface area (Å²) >= 11 is 3.35. The molecule has 0 unspecified atom stereocenters. The molecule has 0 aliphatic heterocycles. The zero-order valence-electron chi connectivity index (χ0n) is 11.6. The number of hydrogen-bond donors (Lipinski definition) is 2. The fourth-order valence-electron chi connectivity index (χ4n) is 1.98. The first kappa shape index (κ1) is 15.4. The van der Waals surface area contributed by atoms with Gasteiger partial charge in [-0.2, -0.15) is 0 Å². The van der Waals surface area contributed by atoms with Gasteiger partial charge in [0, 0.05) is 16.7 Å². The molecular formula is C16H16BrNO3. The van der Waals surface area contributed by atoms with E-state index in [-0.39, 0.29) is 5.56 Å². The minimum absolute atomic E-state index is 0.271. The Labute approximate surface area is 131 Å². The molecule has 0 radical (unpaired) electrons. The second-order valence-corrected chi connectivity index (χ2v) is 5.44. The maximum atomic E-state index is 11.2. The molecule has 0 aliphatic carbocycles. The Morgan fingerprint density at radius 3 is 2.57 bits per heavy atom. The van der Waals surface area contributed by atoms with Crippen molar-refractivity contribution in [2.45, 2.75) is 6.42 Å². The fourth-order valence-corrected chi connectivity index (χ4v) is 2.34. The number of rotatable bonds is 6. The van der Waals surface area contributed by atoms with Crippen LogP contribution in [0.1, 0.15) is 15.9 Å². The number of aromatic carboxylic acids is 1. The Morgan fingerprint density at radius 2 is 1.95 bits per heavy atom. The molecule has 2 aromatic rings. The lowest BCUT2D eigenvalue weighted by Gasteiger charge is -2.10. The van der Waals surface area contributed by atoms with Gasteiger partial charge in [0.2, 0.25) is 0 Å². The second-order valence-electron chi connectivity index (χ2n) is 4.52. The van der Waals surface area contributed by atoms with Crippen molar-refractivity contribution in [3.05, 3.63) is 58.1 Å². The molecule has 0 saturated heterocycles. The number of anilines is 1. The topological polar surface area (TPSA) is 58.6 Å². The van der Waals surface area contributed by atoms with Gasteiger partial charge >= 0.3 is 5.97 Å². The summed E-state index contributed by atoms with van der Waals surface area (Å²) in [6.45, 7) is 0.656. The summed E-state index contributed by atoms with van der Waals surface area (Å²) in [5, 5.41) is 12.3. The fraction of sp³-hybridized carbons (Fsp3) is 0.188. The van der Waals surface area contributed by atoms with Crippen LogP contribution in [0.3, 0.4) is 0 Å². The number of benzene rings is 2. The number of methoxy groups -OCH3 is 1. The van der Waals surface area contributed by atoms with Crippen LogP contribution >= 0.6 is 15.9 Å². The van der Waals surface area contributed by atoms with E-state index in [1.165, 1.54) is 0 Å². The van der Waals surface area contributed by atoms with Crippen LogP contribution in [0.15, 0.2) is 46.9 Å². The van der Waals surface area contributed by atoms with E-state index in [0.717, 1.165) is 22.2 Å². The molecule has 0 fully saturated rings. The summed E-state index contributed by atoms with van der Waals surface area (Å²) in [7, 11) is 1.64. The number of carboxylic acid groups (broad SMARTS) is 1. The normalized spacial score (nSPS) is 10.2. The predicted molar refractivity (Wildman–Crippen MR) is 86.3 cm³/mol. The molecule has 0 bridgehead atoms. The van der Waals surface area contributed by atoms with Gasteiger partial charge in [0.15, 0.2) is 0 Å². The van der Waals surface area contributed by atoms with Gasteiger partial charge in [0.25, 0.3) is 0 Å². The van der Waals surface area contributed by atoms with Crippen LogP contribution in [-0.2, 0) is 6.42 Å². The maximum Gasteiger partial charge on any atom is 0.337 e. The van der Waals surface area contributed by atoms with Gasteiger partial charge in [-0.1, -0.05) is 28.1 Å². The molecule has 0 saturated carbocycles. The first-order valence-electron chi connectivity index (χ1n) is 6.50. The summed E-state index contributed by atoms with van der Waals surface area (Å²) in [4.78, 5) is 11.2. The van der Waals surface area contributed by atoms with E-state index < -0.39 is 5.97 Å². The van der Waals surface area contributed by atoms with Crippen LogP contribution in [0, 0.1) is 0 Å². The van der Waals surface area contributed by atoms with E-state index in [4.69, 9.17) is 9.84 Å². The van der Waals surface area contributed by atoms with Gasteiger partial charge in [-0.15, -0.1) is 0 Å². The maximum absolute atomic E-state index is 11.2. The Balaban J connectivity index is 1.99. The van der Waals surface area contributed by atoms with Crippen LogP contribution in [0.5, 0.6) is 5.75 Å². The second kappa shape index (κ2) is 7.13. The highest BCUT2D eigenvalue weighted by molar-refractivity contribution is 9.10. The van der Waals surface area contributed by atoms with E-state index in [2.05, 4.69) is 21.2 Å². The molecular weight excluding hydrogens is 334 g/mol. The third kappa shape index (κ3) is 4.23. The molecule has 2 rings (SSSR count). The van der Waals surface area contributed by atoms with Crippen molar-refractivity contribution < 1.29 is 14.6 Å². The molecule has 0 heterocycles. The van der Waals surface area contributed by atoms with E-state index >= 15 is 0 Å². The van der Waals surface area contributed by atoms with Crippen LogP contribution < -0.4 is 10.1 Å². The summed E-state index contributed by atoms with van der Waals surface area (Å²) in [6.07, 6.45) is 0.801. The lowest BCUT2D eigenvalue weighted by molar-refractivity contribution is 0.0698. The molecule has 0 spiro atoms. The molecule has 110 valence electrons. The molecule has 2 aromatic carbocycles. The highest BCUT2D eigenvalue weighted by Gasteiger charge is 2.09. The van der Waals surface area contributed by atoms with Gasteiger partial charge < -0.3 is 15.2 Å². The van der Waals surface area contributed by atoms with Crippen molar-refractivity contribution in [2.75, 3.05) is 19.0 Å². The van der Waals surface area contributed by atoms with E-state index in [0.29, 0.717) is 12.2 Å². The molecule has 21 heavy (non-hydrogen) atoms. The Bertz CT molecular complexity index is 626. The van der Waals surface area contributed by atoms with Crippen molar-refractivity contribution >= 4 is 27.6 Å². The third-order valence-corrected chi connectivity index (χ3v) is 3.59. The van der Waals surface area contributed by atoms with Crippen LogP contribution in [0.25, 0.3) is 0 Å². The lowest BCUT2D eigenvalue weighted by atomic mass is 10.1. The zero-order valence-corrected chi connectivity index (χ0v) is 13.2. The molecule has 5 heteroatoms. The van der Waals surface area contributed by atoms with Crippen LogP contribution in [0.4, 0.5) is 5.69 Å². The lowest BCUT2D eigenvalue weighted by Crippen LogP contribution is -2.09. The predicted octanol–water partition coefficient (Wildman–Crippen LogP) is 3.81. The number of carboxylic acids is 1. The van der Waals surface area contributed by atoms with E-state index in [1.807, 2.05) is 24.3 Å². The molecule has 2 N–H and O–H groups in total. The number of ether oxygens (including phenoxy) is 1. The van der Waals surface area contributed by atoms with Crippen LogP contribution in [0.2, 0.25) is 0 Å². The molecule has 0 aromatic heterocycles. The van der Waals surface area contributed by atoms with E-state index in [1.54, 1.807) is 25.3 Å². The Hall–Kier alpha value is -2.01. The van der Waals surface area contributed by atoms with Gasteiger partial charge in [-0.25, -0.2) is 4.79 Å². The first-order valence-corrected chi connectivity index (χ1v) is 7.29. The average Bonchev–Trinajstić information content (AvgIpc) is 2.48. The standard InChI is InChI=1S/C16H16BrNO3/c1-21-13-5-2-11(3-6-13)8-9-18-15-10-12(17)4-7-14(15)16(19)20/h2-7,10,18H,8-9H2,1H3,(H,19,20). The van der Waals surface area contributed by atoms with Crippen LogP contribution in [-0.4, -0.2) is 24.7 Å². The molecule has 0 amide bonds. The van der Waals surface area contributed by atoms with Gasteiger partial charge in [0.1, 0.15) is 5.75 Å². The van der Waals surface area contributed by atoms with Gasteiger partial charge in [0.05, 0.1) is 12.7 Å². The SMILES string of the molecule is COc1ccc(CCNc2cc(Br)ccc2C(=O)O)cc1. The summed E-state index contributed by atoms with van der Waals surface area (Å²) < 4.78 is 5.96. The number of halogens is 1. The molecule has 0 aliphatic rings. The smallest absolute Gasteiger partial charge is 0.337 e. The highest BCUT2D eigenvalue weighted by atomic mass is 79.9.